The molecule has 2 N–H and O–H groups in total. The van der Waals surface area contributed by atoms with Crippen molar-refractivity contribution < 1.29 is 15.0 Å². The highest BCUT2D eigenvalue weighted by Gasteiger charge is 2.37. The van der Waals surface area contributed by atoms with E-state index in [-0.39, 0.29) is 23.7 Å². The predicted molar refractivity (Wildman–Crippen MR) is 79.1 cm³/mol. The Morgan fingerprint density at radius 1 is 1.48 bits per heavy atom. The number of aliphatic hydroxyl groups is 1. The number of hydrogen-bond donors (Lipinski definition) is 2. The van der Waals surface area contributed by atoms with E-state index in [0.29, 0.717) is 18.7 Å². The van der Waals surface area contributed by atoms with Crippen LogP contribution in [0.2, 0.25) is 0 Å². The summed E-state index contributed by atoms with van der Waals surface area (Å²) in [5, 5.41) is 19.2. The first kappa shape index (κ1) is 15.7. The van der Waals surface area contributed by atoms with Crippen LogP contribution in [0.5, 0.6) is 5.75 Å². The van der Waals surface area contributed by atoms with E-state index in [1.807, 2.05) is 19.0 Å². The molecule has 1 fully saturated rings. The van der Waals surface area contributed by atoms with Gasteiger partial charge in [0.25, 0.3) is 5.91 Å². The van der Waals surface area contributed by atoms with Gasteiger partial charge < -0.3 is 20.0 Å². The predicted octanol–water partition coefficient (Wildman–Crippen LogP) is 0.563. The van der Waals surface area contributed by atoms with E-state index in [1.54, 1.807) is 4.90 Å². The Hall–Kier alpha value is -1.66. The maximum atomic E-state index is 12.5. The van der Waals surface area contributed by atoms with Gasteiger partial charge in [-0.05, 0) is 33.0 Å². The number of carbonyl (C=O) groups is 1. The number of aromatic hydroxyl groups is 1. The molecule has 2 rings (SSSR count). The lowest BCUT2D eigenvalue weighted by Gasteiger charge is -2.43. The minimum Gasteiger partial charge on any atom is -0.506 e. The Bertz CT molecular complexity index is 507. The van der Waals surface area contributed by atoms with Gasteiger partial charge in [0.2, 0.25) is 0 Å². The summed E-state index contributed by atoms with van der Waals surface area (Å²) in [6, 6.07) is 1.43. The van der Waals surface area contributed by atoms with Crippen LogP contribution in [0, 0.1) is 5.41 Å². The number of aliphatic hydroxyl groups excluding tert-OH is 1. The number of hydrogen-bond acceptors (Lipinski definition) is 5. The molecule has 1 aromatic rings. The van der Waals surface area contributed by atoms with Gasteiger partial charge in [-0.3, -0.25) is 9.78 Å². The number of pyridine rings is 1. The molecule has 1 aliphatic heterocycles. The summed E-state index contributed by atoms with van der Waals surface area (Å²) >= 11 is 0. The average Bonchev–Trinajstić information content (AvgIpc) is 2.46. The highest BCUT2D eigenvalue weighted by molar-refractivity contribution is 5.94. The largest absolute Gasteiger partial charge is 0.506 e. The maximum Gasteiger partial charge on any atom is 0.255 e. The van der Waals surface area contributed by atoms with Crippen LogP contribution in [0.3, 0.4) is 0 Å². The average molecular weight is 293 g/mol. The van der Waals surface area contributed by atoms with Gasteiger partial charge in [0.15, 0.2) is 0 Å². The van der Waals surface area contributed by atoms with Crippen LogP contribution < -0.4 is 0 Å². The first-order valence-electron chi connectivity index (χ1n) is 7.15. The molecule has 0 unspecified atom stereocenters. The van der Waals surface area contributed by atoms with Crippen molar-refractivity contribution in [3.63, 3.8) is 0 Å². The second-order valence-electron chi connectivity index (χ2n) is 6.16. The Morgan fingerprint density at radius 2 is 2.24 bits per heavy atom. The highest BCUT2D eigenvalue weighted by Crippen LogP contribution is 2.31. The second-order valence-corrected chi connectivity index (χ2v) is 6.16. The standard InChI is InChI=1S/C15H23N3O3/c1-17(2)9-15(11-19)4-3-5-18(10-15)14(21)12-6-13(20)8-16-7-12/h6-8,19-20H,3-5,9-11H2,1-2H3/t15-/m0/s1. The third-order valence-electron chi connectivity index (χ3n) is 3.91. The van der Waals surface area contributed by atoms with E-state index in [1.165, 1.54) is 18.5 Å². The van der Waals surface area contributed by atoms with Crippen molar-refractivity contribution >= 4 is 5.91 Å². The SMILES string of the molecule is CN(C)C[C@@]1(CO)CCCN(C(=O)c2cncc(O)c2)C1. The lowest BCUT2D eigenvalue weighted by Crippen LogP contribution is -2.51. The first-order valence-corrected chi connectivity index (χ1v) is 7.15. The Labute approximate surface area is 125 Å². The molecule has 1 aliphatic rings. The van der Waals surface area contributed by atoms with Crippen LogP contribution in [0.15, 0.2) is 18.5 Å². The van der Waals surface area contributed by atoms with Gasteiger partial charge in [0, 0.05) is 31.2 Å². The third-order valence-corrected chi connectivity index (χ3v) is 3.91. The molecule has 0 saturated carbocycles. The van der Waals surface area contributed by atoms with Crippen LogP contribution in [0.4, 0.5) is 0 Å². The van der Waals surface area contributed by atoms with Gasteiger partial charge >= 0.3 is 0 Å². The zero-order valence-electron chi connectivity index (χ0n) is 12.6. The summed E-state index contributed by atoms with van der Waals surface area (Å²) in [6.45, 7) is 2.00. The van der Waals surface area contributed by atoms with E-state index < -0.39 is 0 Å². The third kappa shape index (κ3) is 3.71. The molecule has 0 bridgehead atoms. The number of rotatable bonds is 4. The Balaban J connectivity index is 2.15. The van der Waals surface area contributed by atoms with Gasteiger partial charge in [-0.15, -0.1) is 0 Å². The molecule has 1 atom stereocenters. The van der Waals surface area contributed by atoms with Crippen LogP contribution in [-0.2, 0) is 0 Å². The maximum absolute atomic E-state index is 12.5. The van der Waals surface area contributed by atoms with E-state index in [0.717, 1.165) is 19.4 Å². The minimum absolute atomic E-state index is 0.0143. The molecule has 21 heavy (non-hydrogen) atoms. The number of aromatic nitrogens is 1. The van der Waals surface area contributed by atoms with Gasteiger partial charge in [-0.25, -0.2) is 0 Å². The van der Waals surface area contributed by atoms with Gasteiger partial charge in [-0.2, -0.15) is 0 Å². The quantitative estimate of drug-likeness (QED) is 0.848. The summed E-state index contributed by atoms with van der Waals surface area (Å²) in [5.74, 6) is -0.158. The lowest BCUT2D eigenvalue weighted by molar-refractivity contribution is 0.0138. The van der Waals surface area contributed by atoms with Crippen LogP contribution in [-0.4, -0.2) is 71.2 Å². The van der Waals surface area contributed by atoms with Gasteiger partial charge in [0.05, 0.1) is 18.4 Å². The number of nitrogens with zero attached hydrogens (tertiary/aromatic N) is 3. The topological polar surface area (TPSA) is 76.9 Å². The number of carbonyl (C=O) groups excluding carboxylic acids is 1. The fourth-order valence-electron chi connectivity index (χ4n) is 3.09. The summed E-state index contributed by atoms with van der Waals surface area (Å²) in [5.41, 5.74) is 0.107. The van der Waals surface area contributed by atoms with Crippen LogP contribution in [0.1, 0.15) is 23.2 Å². The minimum atomic E-state index is -0.276. The molecular weight excluding hydrogens is 270 g/mol. The molecular formula is C15H23N3O3. The van der Waals surface area contributed by atoms with Crippen LogP contribution in [0.25, 0.3) is 0 Å². The molecule has 1 amide bonds. The first-order chi connectivity index (χ1) is 9.96. The van der Waals surface area contributed by atoms with E-state index in [4.69, 9.17) is 0 Å². The molecule has 6 nitrogen and oxygen atoms in total. The summed E-state index contributed by atoms with van der Waals surface area (Å²) in [4.78, 5) is 20.2. The molecule has 1 aromatic heterocycles. The van der Waals surface area contributed by atoms with Crippen molar-refractivity contribution in [1.29, 1.82) is 0 Å². The monoisotopic (exact) mass is 293 g/mol. The molecule has 0 aromatic carbocycles. The molecule has 0 spiro atoms. The van der Waals surface area contributed by atoms with Crippen molar-refractivity contribution in [2.45, 2.75) is 12.8 Å². The fraction of sp³-hybridized carbons (Fsp3) is 0.600. The summed E-state index contributed by atoms with van der Waals surface area (Å²) in [6.07, 6.45) is 4.54. The van der Waals surface area contributed by atoms with Crippen LogP contribution >= 0.6 is 0 Å². The molecule has 0 radical (unpaired) electrons. The molecule has 0 aliphatic carbocycles. The smallest absolute Gasteiger partial charge is 0.255 e. The molecule has 1 saturated heterocycles. The number of likely N-dealkylation sites (tertiary alicyclic amines) is 1. The molecule has 116 valence electrons. The lowest BCUT2D eigenvalue weighted by atomic mass is 9.80. The summed E-state index contributed by atoms with van der Waals surface area (Å²) in [7, 11) is 3.94. The molecule has 6 heteroatoms. The summed E-state index contributed by atoms with van der Waals surface area (Å²) < 4.78 is 0. The zero-order valence-corrected chi connectivity index (χ0v) is 12.6. The van der Waals surface area contributed by atoms with Crippen molar-refractivity contribution in [1.82, 2.24) is 14.8 Å². The van der Waals surface area contributed by atoms with E-state index >= 15 is 0 Å². The van der Waals surface area contributed by atoms with Crippen molar-refractivity contribution in [2.75, 3.05) is 40.3 Å². The Kier molecular flexibility index (Phi) is 4.80. The van der Waals surface area contributed by atoms with Gasteiger partial charge in [-0.1, -0.05) is 0 Å². The van der Waals surface area contributed by atoms with Crippen molar-refractivity contribution in [3.05, 3.63) is 24.0 Å². The number of amides is 1. The van der Waals surface area contributed by atoms with Crippen molar-refractivity contribution in [2.24, 2.45) is 5.41 Å². The number of piperidine rings is 1. The normalized spacial score (nSPS) is 22.6. The highest BCUT2D eigenvalue weighted by atomic mass is 16.3. The second kappa shape index (κ2) is 6.41. The Morgan fingerprint density at radius 3 is 2.86 bits per heavy atom. The fourth-order valence-corrected chi connectivity index (χ4v) is 3.09. The zero-order chi connectivity index (χ0) is 15.5. The van der Waals surface area contributed by atoms with Crippen molar-refractivity contribution in [3.8, 4) is 5.75 Å². The van der Waals surface area contributed by atoms with E-state index in [2.05, 4.69) is 4.98 Å². The van der Waals surface area contributed by atoms with Gasteiger partial charge in [0.1, 0.15) is 5.75 Å². The molecule has 2 heterocycles. The van der Waals surface area contributed by atoms with E-state index in [9.17, 15) is 15.0 Å².